The molecule has 0 radical (unpaired) electrons. The van der Waals surface area contributed by atoms with Gasteiger partial charge in [0.25, 0.3) is 0 Å². The van der Waals surface area contributed by atoms with Crippen LogP contribution in [0.1, 0.15) is 58.9 Å². The van der Waals surface area contributed by atoms with Crippen LogP contribution in [0.4, 0.5) is 0 Å². The maximum atomic E-state index is 11.7. The van der Waals surface area contributed by atoms with Gasteiger partial charge in [0.1, 0.15) is 18.0 Å². The molecule has 0 saturated heterocycles. The zero-order valence-electron chi connectivity index (χ0n) is 14.5. The number of ether oxygens (including phenoxy) is 1. The van der Waals surface area contributed by atoms with Gasteiger partial charge in [-0.2, -0.15) is 4.21 Å². The van der Waals surface area contributed by atoms with Crippen LogP contribution in [-0.2, 0) is 25.1 Å². The molecule has 0 aliphatic heterocycles. The third-order valence-corrected chi connectivity index (χ3v) is 4.90. The normalized spacial score (nSPS) is 23.5. The molecule has 1 aliphatic rings. The Balaban J connectivity index is 1.99. The van der Waals surface area contributed by atoms with Crippen LogP contribution in [-0.4, -0.2) is 23.0 Å². The van der Waals surface area contributed by atoms with Gasteiger partial charge in [0, 0.05) is 0 Å². The number of hydrogen-bond donors (Lipinski definition) is 0. The molecule has 0 spiro atoms. The van der Waals surface area contributed by atoms with Gasteiger partial charge in [-0.25, -0.2) is 0 Å². The Morgan fingerprint density at radius 2 is 1.70 bits per heavy atom. The van der Waals surface area contributed by atoms with Crippen LogP contribution in [0.5, 0.6) is 5.75 Å². The van der Waals surface area contributed by atoms with Gasteiger partial charge in [0.05, 0.1) is 6.61 Å². The molecule has 1 aliphatic carbocycles. The van der Waals surface area contributed by atoms with Gasteiger partial charge in [-0.3, -0.25) is 8.37 Å². The summed E-state index contributed by atoms with van der Waals surface area (Å²) in [4.78, 5) is 0. The van der Waals surface area contributed by atoms with Crippen LogP contribution in [0, 0.1) is 0 Å². The topological polar surface area (TPSA) is 44.8 Å². The summed E-state index contributed by atoms with van der Waals surface area (Å²) in [7, 11) is 0. The first kappa shape index (κ1) is 18.4. The lowest BCUT2D eigenvalue weighted by Gasteiger charge is -2.31. The van der Waals surface area contributed by atoms with E-state index >= 15 is 0 Å². The number of rotatable bonds is 6. The number of hydrogen-bond acceptors (Lipinski definition) is 4. The van der Waals surface area contributed by atoms with Crippen LogP contribution >= 0.6 is 0 Å². The highest BCUT2D eigenvalue weighted by Crippen LogP contribution is 2.29. The van der Waals surface area contributed by atoms with Crippen molar-refractivity contribution in [3.8, 4) is 5.75 Å². The average molecular weight is 340 g/mol. The first-order valence-electron chi connectivity index (χ1n) is 8.39. The minimum atomic E-state index is -1.69. The lowest BCUT2D eigenvalue weighted by Crippen LogP contribution is -2.37. The van der Waals surface area contributed by atoms with E-state index in [0.29, 0.717) is 6.61 Å². The van der Waals surface area contributed by atoms with Gasteiger partial charge in [-0.15, -0.1) is 0 Å². The highest BCUT2D eigenvalue weighted by molar-refractivity contribution is 7.75. The molecule has 4 nitrogen and oxygen atoms in total. The summed E-state index contributed by atoms with van der Waals surface area (Å²) in [6.45, 7) is 8.75. The first-order valence-corrected chi connectivity index (χ1v) is 9.39. The zero-order chi connectivity index (χ0) is 16.9. The summed E-state index contributed by atoms with van der Waals surface area (Å²) in [6.07, 6.45) is 3.67. The second-order valence-electron chi connectivity index (χ2n) is 6.96. The van der Waals surface area contributed by atoms with Crippen molar-refractivity contribution in [2.75, 3.05) is 6.61 Å². The lowest BCUT2D eigenvalue weighted by molar-refractivity contribution is 0.0234. The monoisotopic (exact) mass is 340 g/mol. The Labute approximate surface area is 142 Å². The molecule has 130 valence electrons. The van der Waals surface area contributed by atoms with E-state index in [1.54, 1.807) is 6.92 Å². The number of benzene rings is 1. The summed E-state index contributed by atoms with van der Waals surface area (Å²) in [5.41, 5.74) is 1.40. The molecule has 1 aromatic rings. The molecule has 0 bridgehead atoms. The molecule has 1 aromatic carbocycles. The van der Waals surface area contributed by atoms with Crippen LogP contribution in [0.2, 0.25) is 0 Å². The predicted molar refractivity (Wildman–Crippen MR) is 92.7 cm³/mol. The van der Waals surface area contributed by atoms with E-state index in [1.807, 2.05) is 12.1 Å². The fourth-order valence-corrected chi connectivity index (χ4v) is 3.41. The molecule has 0 heterocycles. The van der Waals surface area contributed by atoms with Crippen molar-refractivity contribution in [3.63, 3.8) is 0 Å². The van der Waals surface area contributed by atoms with E-state index in [0.717, 1.165) is 31.4 Å². The Hall–Kier alpha value is -0.910. The molecule has 2 rings (SSSR count). The summed E-state index contributed by atoms with van der Waals surface area (Å²) >= 11 is -1.69. The smallest absolute Gasteiger partial charge is 0.305 e. The quantitative estimate of drug-likeness (QED) is 0.774. The second-order valence-corrected chi connectivity index (χ2v) is 7.80. The van der Waals surface area contributed by atoms with Crippen molar-refractivity contribution in [1.29, 1.82) is 0 Å². The summed E-state index contributed by atoms with van der Waals surface area (Å²) in [5.74, 6) is 0.834. The molecule has 0 aromatic heterocycles. The Bertz CT molecular complexity index is 507. The second kappa shape index (κ2) is 8.27. The van der Waals surface area contributed by atoms with Crippen molar-refractivity contribution in [1.82, 2.24) is 0 Å². The molecule has 3 atom stereocenters. The average Bonchev–Trinajstić information content (AvgIpc) is 2.49. The Morgan fingerprint density at radius 3 is 2.26 bits per heavy atom. The minimum Gasteiger partial charge on any atom is -0.488 e. The molecular formula is C18H28O4S. The van der Waals surface area contributed by atoms with E-state index < -0.39 is 11.4 Å². The SMILES string of the molecule is CCOS(=O)OC1CCCCC1Oc1ccc(C(C)(C)C)cc1. The van der Waals surface area contributed by atoms with E-state index in [4.69, 9.17) is 13.1 Å². The third kappa shape index (κ3) is 5.59. The molecule has 1 fully saturated rings. The van der Waals surface area contributed by atoms with Crippen LogP contribution < -0.4 is 4.74 Å². The fraction of sp³-hybridized carbons (Fsp3) is 0.667. The highest BCUT2D eigenvalue weighted by atomic mass is 32.2. The van der Waals surface area contributed by atoms with Gasteiger partial charge in [0.15, 0.2) is 0 Å². The molecule has 23 heavy (non-hydrogen) atoms. The molecule has 0 N–H and O–H groups in total. The maximum absolute atomic E-state index is 11.7. The predicted octanol–water partition coefficient (Wildman–Crippen LogP) is 4.31. The van der Waals surface area contributed by atoms with E-state index in [-0.39, 0.29) is 17.6 Å². The third-order valence-electron chi connectivity index (χ3n) is 4.07. The van der Waals surface area contributed by atoms with Crippen LogP contribution in [0.15, 0.2) is 24.3 Å². The van der Waals surface area contributed by atoms with Gasteiger partial charge >= 0.3 is 11.4 Å². The molecule has 5 heteroatoms. The van der Waals surface area contributed by atoms with Crippen molar-refractivity contribution >= 4 is 11.4 Å². The Kier molecular flexibility index (Phi) is 6.62. The largest absolute Gasteiger partial charge is 0.488 e. The van der Waals surface area contributed by atoms with E-state index in [2.05, 4.69) is 32.9 Å². The first-order chi connectivity index (χ1) is 10.9. The maximum Gasteiger partial charge on any atom is 0.305 e. The highest BCUT2D eigenvalue weighted by Gasteiger charge is 2.30. The fourth-order valence-electron chi connectivity index (χ4n) is 2.74. The van der Waals surface area contributed by atoms with E-state index in [1.165, 1.54) is 5.56 Å². The molecule has 0 amide bonds. The zero-order valence-corrected chi connectivity index (χ0v) is 15.4. The molecule has 1 saturated carbocycles. The van der Waals surface area contributed by atoms with Gasteiger partial charge < -0.3 is 4.74 Å². The van der Waals surface area contributed by atoms with Crippen LogP contribution in [0.25, 0.3) is 0 Å². The standard InChI is InChI=1S/C18H28O4S/c1-5-20-23(19)22-17-9-7-6-8-16(17)21-15-12-10-14(11-13-15)18(2,3)4/h10-13,16-17H,5-9H2,1-4H3. The van der Waals surface area contributed by atoms with Crippen LogP contribution in [0.3, 0.4) is 0 Å². The minimum absolute atomic E-state index is 0.0753. The van der Waals surface area contributed by atoms with Crippen molar-refractivity contribution < 1.29 is 17.3 Å². The molecular weight excluding hydrogens is 312 g/mol. The molecule has 3 unspecified atom stereocenters. The Morgan fingerprint density at radius 1 is 1.09 bits per heavy atom. The summed E-state index contributed by atoms with van der Waals surface area (Å²) < 4.78 is 28.3. The van der Waals surface area contributed by atoms with Gasteiger partial charge in [-0.1, -0.05) is 39.3 Å². The summed E-state index contributed by atoms with van der Waals surface area (Å²) in [5, 5.41) is 0. The van der Waals surface area contributed by atoms with Crippen molar-refractivity contribution in [2.24, 2.45) is 0 Å². The van der Waals surface area contributed by atoms with Gasteiger partial charge in [-0.05, 0) is 49.3 Å². The summed E-state index contributed by atoms with van der Waals surface area (Å²) in [6, 6.07) is 8.22. The van der Waals surface area contributed by atoms with Crippen molar-refractivity contribution in [2.45, 2.75) is 71.0 Å². The van der Waals surface area contributed by atoms with Crippen molar-refractivity contribution in [3.05, 3.63) is 29.8 Å². The van der Waals surface area contributed by atoms with E-state index in [9.17, 15) is 4.21 Å². The lowest BCUT2D eigenvalue weighted by atomic mass is 9.87. The van der Waals surface area contributed by atoms with Gasteiger partial charge in [0.2, 0.25) is 0 Å².